The molecule has 0 aliphatic carbocycles. The number of hydrogen-bond donors (Lipinski definition) is 2. The van der Waals surface area contributed by atoms with Crippen molar-refractivity contribution in [3.63, 3.8) is 0 Å². The number of rotatable bonds is 8. The number of aromatic nitrogens is 2. The van der Waals surface area contributed by atoms with E-state index >= 15 is 0 Å². The van der Waals surface area contributed by atoms with E-state index in [-0.39, 0.29) is 11.4 Å². The monoisotopic (exact) mass is 384 g/mol. The van der Waals surface area contributed by atoms with Gasteiger partial charge in [-0.3, -0.25) is 0 Å². The zero-order chi connectivity index (χ0) is 19.2. The Morgan fingerprint density at radius 3 is 2.59 bits per heavy atom. The van der Waals surface area contributed by atoms with Crippen molar-refractivity contribution in [3.05, 3.63) is 65.6 Å². The van der Waals surface area contributed by atoms with Gasteiger partial charge in [0.1, 0.15) is 22.2 Å². The molecule has 8 heteroatoms. The van der Waals surface area contributed by atoms with Crippen LogP contribution in [0.3, 0.4) is 0 Å². The average Bonchev–Trinajstić information content (AvgIpc) is 3.18. The fourth-order valence-electron chi connectivity index (χ4n) is 2.36. The van der Waals surface area contributed by atoms with Gasteiger partial charge in [0.15, 0.2) is 0 Å². The number of benzene rings is 1. The van der Waals surface area contributed by atoms with Crippen LogP contribution in [0.25, 0.3) is 0 Å². The maximum atomic E-state index is 11.9. The quantitative estimate of drug-likeness (QED) is 0.448. The zero-order valence-electron chi connectivity index (χ0n) is 15.0. The Bertz CT molecular complexity index is 899. The highest BCUT2D eigenvalue weighted by atomic mass is 32.2. The molecule has 0 saturated carbocycles. The topological polar surface area (TPSA) is 91.5 Å². The van der Waals surface area contributed by atoms with Gasteiger partial charge < -0.3 is 19.7 Å². The summed E-state index contributed by atoms with van der Waals surface area (Å²) < 4.78 is 5.30. The normalized spacial score (nSPS) is 10.6. The van der Waals surface area contributed by atoms with Crippen molar-refractivity contribution in [1.82, 2.24) is 9.97 Å². The van der Waals surface area contributed by atoms with Crippen LogP contribution in [-0.4, -0.2) is 35.1 Å². The Kier molecular flexibility index (Phi) is 5.97. The zero-order valence-corrected chi connectivity index (χ0v) is 15.9. The molecule has 3 aromatic rings. The van der Waals surface area contributed by atoms with E-state index in [1.165, 1.54) is 11.8 Å². The second-order valence-corrected chi connectivity index (χ2v) is 6.92. The molecule has 2 heterocycles. The van der Waals surface area contributed by atoms with Crippen molar-refractivity contribution in [3.8, 4) is 0 Å². The Morgan fingerprint density at radius 2 is 1.96 bits per heavy atom. The second-order valence-electron chi connectivity index (χ2n) is 5.96. The van der Waals surface area contributed by atoms with Crippen molar-refractivity contribution >= 4 is 29.5 Å². The molecule has 7 nitrogen and oxygen atoms in total. The van der Waals surface area contributed by atoms with E-state index in [0.717, 1.165) is 5.56 Å². The van der Waals surface area contributed by atoms with E-state index < -0.39 is 5.97 Å². The number of carbonyl (C=O) groups is 1. The second kappa shape index (κ2) is 8.59. The van der Waals surface area contributed by atoms with Gasteiger partial charge in [-0.25, -0.2) is 9.78 Å². The number of aromatic carboxylic acids is 1. The van der Waals surface area contributed by atoms with Gasteiger partial charge in [-0.2, -0.15) is 4.98 Å². The molecule has 0 radical (unpaired) electrons. The molecule has 1 aromatic carbocycles. The predicted molar refractivity (Wildman–Crippen MR) is 105 cm³/mol. The molecule has 27 heavy (non-hydrogen) atoms. The van der Waals surface area contributed by atoms with Crippen LogP contribution in [0.1, 0.15) is 21.7 Å². The summed E-state index contributed by atoms with van der Waals surface area (Å²) in [5, 5.41) is 13.2. The molecule has 0 atom stereocenters. The maximum Gasteiger partial charge on any atom is 0.342 e. The van der Waals surface area contributed by atoms with Gasteiger partial charge in [0.2, 0.25) is 5.95 Å². The molecule has 0 saturated heterocycles. The lowest BCUT2D eigenvalue weighted by atomic mass is 10.2. The highest BCUT2D eigenvalue weighted by Gasteiger charge is 2.22. The first-order valence-corrected chi connectivity index (χ1v) is 9.29. The van der Waals surface area contributed by atoms with Gasteiger partial charge in [-0.05, 0) is 17.7 Å². The van der Waals surface area contributed by atoms with E-state index in [9.17, 15) is 9.90 Å². The summed E-state index contributed by atoms with van der Waals surface area (Å²) in [6.45, 7) is 0.333. The standard InChI is InChI=1S/C19H20N4O3S/c1-23(2)19-21-16(20-11-14-9-6-10-26-14)15(18(24)25)17(22-19)27-12-13-7-4-3-5-8-13/h3-10H,11-12H2,1-2H3,(H,24,25)(H,20,21,22). The van der Waals surface area contributed by atoms with Gasteiger partial charge in [0, 0.05) is 19.8 Å². The van der Waals surface area contributed by atoms with Crippen LogP contribution in [0, 0.1) is 0 Å². The van der Waals surface area contributed by atoms with Crippen molar-refractivity contribution in [2.75, 3.05) is 24.3 Å². The van der Waals surface area contributed by atoms with E-state index in [1.54, 1.807) is 17.2 Å². The number of carboxylic acid groups (broad SMARTS) is 1. The molecule has 0 aliphatic rings. The Hall–Kier alpha value is -3.00. The molecule has 0 bridgehead atoms. The van der Waals surface area contributed by atoms with Crippen molar-refractivity contribution < 1.29 is 14.3 Å². The van der Waals surface area contributed by atoms with Crippen LogP contribution < -0.4 is 10.2 Å². The first kappa shape index (κ1) is 18.8. The van der Waals surface area contributed by atoms with Gasteiger partial charge in [-0.15, -0.1) is 11.8 Å². The number of carboxylic acids is 1. The molecule has 0 spiro atoms. The third-order valence-corrected chi connectivity index (χ3v) is 4.75. The largest absolute Gasteiger partial charge is 0.477 e. The van der Waals surface area contributed by atoms with Crippen LogP contribution in [0.5, 0.6) is 0 Å². The number of hydrogen-bond acceptors (Lipinski definition) is 7. The maximum absolute atomic E-state index is 11.9. The first-order chi connectivity index (χ1) is 13.0. The van der Waals surface area contributed by atoms with Gasteiger partial charge in [0.25, 0.3) is 0 Å². The Labute approximate surface area is 161 Å². The lowest BCUT2D eigenvalue weighted by Gasteiger charge is -2.17. The number of nitrogens with one attached hydrogen (secondary N) is 1. The summed E-state index contributed by atoms with van der Waals surface area (Å²) >= 11 is 1.38. The van der Waals surface area contributed by atoms with E-state index in [0.29, 0.717) is 29.0 Å². The summed E-state index contributed by atoms with van der Waals surface area (Å²) in [6, 6.07) is 13.4. The molecule has 0 unspecified atom stereocenters. The van der Waals surface area contributed by atoms with Crippen LogP contribution in [-0.2, 0) is 12.3 Å². The summed E-state index contributed by atoms with van der Waals surface area (Å²) in [4.78, 5) is 22.5. The van der Waals surface area contributed by atoms with E-state index in [1.807, 2.05) is 50.5 Å². The highest BCUT2D eigenvalue weighted by Crippen LogP contribution is 2.30. The van der Waals surface area contributed by atoms with Crippen LogP contribution >= 0.6 is 11.8 Å². The Balaban J connectivity index is 1.92. The first-order valence-electron chi connectivity index (χ1n) is 8.30. The third kappa shape index (κ3) is 4.79. The van der Waals surface area contributed by atoms with Crippen molar-refractivity contribution in [2.24, 2.45) is 0 Å². The molecular formula is C19H20N4O3S. The highest BCUT2D eigenvalue weighted by molar-refractivity contribution is 7.98. The lowest BCUT2D eigenvalue weighted by Crippen LogP contribution is -2.18. The fourth-order valence-corrected chi connectivity index (χ4v) is 3.33. The van der Waals surface area contributed by atoms with E-state index in [2.05, 4.69) is 15.3 Å². The molecule has 0 fully saturated rings. The summed E-state index contributed by atoms with van der Waals surface area (Å²) in [7, 11) is 3.63. The molecule has 3 rings (SSSR count). The van der Waals surface area contributed by atoms with Crippen molar-refractivity contribution in [1.29, 1.82) is 0 Å². The lowest BCUT2D eigenvalue weighted by molar-refractivity contribution is 0.0693. The van der Waals surface area contributed by atoms with Gasteiger partial charge in [0.05, 0.1) is 12.8 Å². The molecule has 0 aliphatic heterocycles. The summed E-state index contributed by atoms with van der Waals surface area (Å²) in [6.07, 6.45) is 1.57. The van der Waals surface area contributed by atoms with Crippen LogP contribution in [0.4, 0.5) is 11.8 Å². The smallest absolute Gasteiger partial charge is 0.342 e. The van der Waals surface area contributed by atoms with E-state index in [4.69, 9.17) is 4.42 Å². The minimum atomic E-state index is -1.07. The van der Waals surface area contributed by atoms with Crippen LogP contribution in [0.15, 0.2) is 58.2 Å². The Morgan fingerprint density at radius 1 is 1.19 bits per heavy atom. The SMILES string of the molecule is CN(C)c1nc(NCc2ccco2)c(C(=O)O)c(SCc2ccccc2)n1. The molecule has 2 aromatic heterocycles. The minimum absolute atomic E-state index is 0.0630. The van der Waals surface area contributed by atoms with Gasteiger partial charge in [-0.1, -0.05) is 30.3 Å². The fraction of sp³-hybridized carbons (Fsp3) is 0.211. The minimum Gasteiger partial charge on any atom is -0.477 e. The van der Waals surface area contributed by atoms with Crippen LogP contribution in [0.2, 0.25) is 0 Å². The summed E-state index contributed by atoms with van der Waals surface area (Å²) in [5.74, 6) is 0.945. The van der Waals surface area contributed by atoms with Gasteiger partial charge >= 0.3 is 5.97 Å². The number of nitrogens with zero attached hydrogens (tertiary/aromatic N) is 3. The molecule has 2 N–H and O–H groups in total. The average molecular weight is 384 g/mol. The molecule has 0 amide bonds. The summed E-state index contributed by atoms with van der Waals surface area (Å²) in [5.41, 5.74) is 1.15. The third-order valence-electron chi connectivity index (χ3n) is 3.71. The molecule has 140 valence electrons. The number of thioether (sulfide) groups is 1. The van der Waals surface area contributed by atoms with Crippen molar-refractivity contribution in [2.45, 2.75) is 17.3 Å². The molecular weight excluding hydrogens is 364 g/mol. The predicted octanol–water partition coefficient (Wildman–Crippen LogP) is 3.74. The number of furan rings is 1. The number of anilines is 2.